The van der Waals surface area contributed by atoms with E-state index in [-0.39, 0.29) is 0 Å². The second-order valence-corrected chi connectivity index (χ2v) is 9.60. The summed E-state index contributed by atoms with van der Waals surface area (Å²) in [5, 5.41) is 0. The summed E-state index contributed by atoms with van der Waals surface area (Å²) in [5.74, 6) is 2.57. The number of aromatic nitrogens is 2. The summed E-state index contributed by atoms with van der Waals surface area (Å²) in [6.07, 6.45) is 7.41. The van der Waals surface area contributed by atoms with Gasteiger partial charge in [-0.2, -0.15) is 0 Å². The van der Waals surface area contributed by atoms with Gasteiger partial charge in [0.1, 0.15) is 0 Å². The molecule has 30 heavy (non-hydrogen) atoms. The van der Waals surface area contributed by atoms with Gasteiger partial charge in [-0.15, -0.1) is 0 Å². The van der Waals surface area contributed by atoms with Gasteiger partial charge in [0.2, 0.25) is 5.95 Å². The Morgan fingerprint density at radius 3 is 2.57 bits per heavy atom. The van der Waals surface area contributed by atoms with Crippen LogP contribution in [-0.4, -0.2) is 49.4 Å². The predicted octanol–water partition coefficient (Wildman–Crippen LogP) is 4.16. The first-order valence-corrected chi connectivity index (χ1v) is 11.2. The number of hydrogen-bond donors (Lipinski definition) is 0. The topological polar surface area (TPSA) is 45.9 Å². The van der Waals surface area contributed by atoms with Crippen LogP contribution in [0.5, 0.6) is 0 Å². The van der Waals surface area contributed by atoms with E-state index in [0.717, 1.165) is 74.1 Å². The second-order valence-electron chi connectivity index (χ2n) is 9.60. The molecule has 1 aromatic carbocycles. The van der Waals surface area contributed by atoms with Crippen molar-refractivity contribution in [3.63, 3.8) is 0 Å². The van der Waals surface area contributed by atoms with Crippen LogP contribution >= 0.6 is 0 Å². The molecule has 2 unspecified atom stereocenters. The second kappa shape index (κ2) is 6.95. The summed E-state index contributed by atoms with van der Waals surface area (Å²) < 4.78 is 5.44. The maximum atomic E-state index is 7.24. The van der Waals surface area contributed by atoms with Gasteiger partial charge >= 0.3 is 0 Å². The Kier molecular flexibility index (Phi) is 4.21. The van der Waals surface area contributed by atoms with E-state index in [9.17, 15) is 0 Å². The first-order valence-electron chi connectivity index (χ1n) is 11.2. The first-order chi connectivity index (χ1) is 14.7. The van der Waals surface area contributed by atoms with Crippen LogP contribution in [0.25, 0.3) is 16.1 Å². The number of ether oxygens (including phenoxy) is 1. The Hall–Kier alpha value is -2.65. The lowest BCUT2D eigenvalue weighted by molar-refractivity contribution is -0.127. The van der Waals surface area contributed by atoms with E-state index < -0.39 is 0 Å². The summed E-state index contributed by atoms with van der Waals surface area (Å²) in [6.45, 7) is 13.1. The Morgan fingerprint density at radius 1 is 1.03 bits per heavy atom. The van der Waals surface area contributed by atoms with E-state index in [2.05, 4.69) is 14.6 Å². The van der Waals surface area contributed by atoms with E-state index >= 15 is 0 Å². The molecular formula is C24H27N5O. The minimum Gasteiger partial charge on any atom is -0.380 e. The van der Waals surface area contributed by atoms with Crippen molar-refractivity contribution in [3.05, 3.63) is 41.9 Å². The van der Waals surface area contributed by atoms with Crippen molar-refractivity contribution in [1.29, 1.82) is 0 Å². The zero-order chi connectivity index (χ0) is 20.1. The van der Waals surface area contributed by atoms with Crippen LogP contribution in [0.2, 0.25) is 0 Å². The lowest BCUT2D eigenvalue weighted by atomic mass is 9.77. The Morgan fingerprint density at radius 2 is 1.83 bits per heavy atom. The van der Waals surface area contributed by atoms with Crippen molar-refractivity contribution in [2.75, 3.05) is 49.2 Å². The summed E-state index contributed by atoms with van der Waals surface area (Å²) in [7, 11) is 0. The molecule has 1 spiro atoms. The van der Waals surface area contributed by atoms with Gasteiger partial charge in [0.15, 0.2) is 5.69 Å². The molecule has 0 amide bonds. The fraction of sp³-hybridized carbons (Fsp3) is 0.542. The van der Waals surface area contributed by atoms with Crippen LogP contribution in [-0.2, 0) is 4.74 Å². The molecule has 6 rings (SSSR count). The van der Waals surface area contributed by atoms with Gasteiger partial charge in [-0.3, -0.25) is 0 Å². The van der Waals surface area contributed by atoms with E-state index in [1.807, 2.05) is 30.5 Å². The molecular weight excluding hydrogens is 374 g/mol. The van der Waals surface area contributed by atoms with Gasteiger partial charge in [-0.1, -0.05) is 37.1 Å². The molecule has 0 bridgehead atoms. The van der Waals surface area contributed by atoms with Gasteiger partial charge in [-0.05, 0) is 30.2 Å². The molecule has 4 heterocycles. The highest BCUT2D eigenvalue weighted by atomic mass is 16.5. The third kappa shape index (κ3) is 2.95. The number of rotatable bonds is 3. The normalized spacial score (nSPS) is 26.6. The molecule has 1 aliphatic carbocycles. The van der Waals surface area contributed by atoms with Crippen molar-refractivity contribution < 1.29 is 4.74 Å². The molecule has 4 fully saturated rings. The maximum Gasteiger partial charge on any atom is 0.226 e. The smallest absolute Gasteiger partial charge is 0.226 e. The fourth-order valence-corrected chi connectivity index (χ4v) is 5.78. The third-order valence-electron chi connectivity index (χ3n) is 7.56. The standard InChI is InChI=1S/C24H27N5O/c1-25-20-7-5-18(6-8-20)22-21(29-13-24(14-29)15-30-16-24)11-26-23(27-22)28-10-9-17-3-2-4-19(17)12-28/h5-8,11,17,19H,2-4,9-10,12-16H2. The Balaban J connectivity index is 1.33. The average Bonchev–Trinajstić information content (AvgIpc) is 3.20. The van der Waals surface area contributed by atoms with Gasteiger partial charge < -0.3 is 14.5 Å². The van der Waals surface area contributed by atoms with E-state index in [0.29, 0.717) is 11.1 Å². The minimum absolute atomic E-state index is 0.342. The van der Waals surface area contributed by atoms with Gasteiger partial charge in [0.25, 0.3) is 0 Å². The Labute approximate surface area is 177 Å². The molecule has 6 heteroatoms. The molecule has 154 valence electrons. The zero-order valence-electron chi connectivity index (χ0n) is 17.3. The third-order valence-corrected chi connectivity index (χ3v) is 7.56. The molecule has 0 radical (unpaired) electrons. The maximum absolute atomic E-state index is 7.24. The van der Waals surface area contributed by atoms with Crippen LogP contribution in [0.3, 0.4) is 0 Å². The minimum atomic E-state index is 0.342. The van der Waals surface area contributed by atoms with E-state index in [1.165, 1.54) is 25.7 Å². The van der Waals surface area contributed by atoms with Crippen molar-refractivity contribution in [2.45, 2.75) is 25.7 Å². The molecule has 6 nitrogen and oxygen atoms in total. The van der Waals surface area contributed by atoms with E-state index in [4.69, 9.17) is 21.3 Å². The zero-order valence-corrected chi connectivity index (χ0v) is 17.3. The molecule has 2 atom stereocenters. The monoisotopic (exact) mass is 401 g/mol. The molecule has 0 N–H and O–H groups in total. The Bertz CT molecular complexity index is 986. The number of anilines is 2. The number of piperidine rings is 1. The van der Waals surface area contributed by atoms with Crippen LogP contribution in [0, 0.1) is 23.8 Å². The quantitative estimate of drug-likeness (QED) is 0.723. The molecule has 3 saturated heterocycles. The van der Waals surface area contributed by atoms with Gasteiger partial charge in [0, 0.05) is 26.2 Å². The molecule has 2 aromatic rings. The lowest BCUT2D eigenvalue weighted by Gasteiger charge is -2.56. The van der Waals surface area contributed by atoms with Crippen LogP contribution in [0.4, 0.5) is 17.3 Å². The van der Waals surface area contributed by atoms with Crippen molar-refractivity contribution in [2.24, 2.45) is 17.3 Å². The summed E-state index contributed by atoms with van der Waals surface area (Å²) in [4.78, 5) is 18.2. The number of benzene rings is 1. The highest BCUT2D eigenvalue weighted by Gasteiger charge is 2.49. The molecule has 3 aliphatic heterocycles. The highest BCUT2D eigenvalue weighted by molar-refractivity contribution is 5.77. The van der Waals surface area contributed by atoms with Crippen LogP contribution in [0.1, 0.15) is 25.7 Å². The average molecular weight is 402 g/mol. The van der Waals surface area contributed by atoms with Crippen molar-refractivity contribution >= 4 is 17.3 Å². The summed E-state index contributed by atoms with van der Waals surface area (Å²) >= 11 is 0. The number of nitrogens with zero attached hydrogens (tertiary/aromatic N) is 5. The lowest BCUT2D eigenvalue weighted by Crippen LogP contribution is -2.66. The van der Waals surface area contributed by atoms with Crippen molar-refractivity contribution in [1.82, 2.24) is 9.97 Å². The van der Waals surface area contributed by atoms with Crippen LogP contribution in [0.15, 0.2) is 30.5 Å². The van der Waals surface area contributed by atoms with Crippen LogP contribution < -0.4 is 9.80 Å². The summed E-state index contributed by atoms with van der Waals surface area (Å²) in [5.41, 5.74) is 4.15. The molecule has 4 aliphatic rings. The molecule has 1 saturated carbocycles. The van der Waals surface area contributed by atoms with Crippen molar-refractivity contribution in [3.8, 4) is 11.3 Å². The fourth-order valence-electron chi connectivity index (χ4n) is 5.78. The van der Waals surface area contributed by atoms with Gasteiger partial charge in [-0.25, -0.2) is 14.8 Å². The largest absolute Gasteiger partial charge is 0.380 e. The predicted molar refractivity (Wildman–Crippen MR) is 117 cm³/mol. The number of fused-ring (bicyclic) bond motifs is 1. The van der Waals surface area contributed by atoms with E-state index in [1.54, 1.807) is 0 Å². The first kappa shape index (κ1) is 18.1. The van der Waals surface area contributed by atoms with Gasteiger partial charge in [0.05, 0.1) is 42.8 Å². The summed E-state index contributed by atoms with van der Waals surface area (Å²) in [6, 6.07) is 7.81. The SMILES string of the molecule is [C-]#[N+]c1ccc(-c2nc(N3CCC4CCCC4C3)ncc2N2CC3(COC3)C2)cc1. The number of hydrogen-bond acceptors (Lipinski definition) is 5. The molecule has 1 aromatic heterocycles. The highest BCUT2D eigenvalue weighted by Crippen LogP contribution is 2.44.